The number of hydrogen-bond donors (Lipinski definition) is 2. The van der Waals surface area contributed by atoms with Crippen molar-refractivity contribution < 1.29 is 9.90 Å². The van der Waals surface area contributed by atoms with Crippen molar-refractivity contribution in [3.8, 4) is 5.75 Å². The van der Waals surface area contributed by atoms with E-state index < -0.39 is 0 Å². The number of piperidine rings is 1. The SMILES string of the molecule is CN1CCC(C)(CNC(=O)c2ncccc2O)CC1. The number of likely N-dealkylation sites (tertiary alicyclic amines) is 1. The van der Waals surface area contributed by atoms with Crippen LogP contribution in [0.25, 0.3) is 0 Å². The molecule has 1 fully saturated rings. The normalized spacial score (nSPS) is 19.1. The molecule has 1 aromatic heterocycles. The predicted molar refractivity (Wildman–Crippen MR) is 73.1 cm³/mol. The van der Waals surface area contributed by atoms with Crippen LogP contribution >= 0.6 is 0 Å². The summed E-state index contributed by atoms with van der Waals surface area (Å²) in [6, 6.07) is 3.07. The average molecular weight is 263 g/mol. The van der Waals surface area contributed by atoms with Crippen molar-refractivity contribution in [2.45, 2.75) is 19.8 Å². The van der Waals surface area contributed by atoms with Crippen LogP contribution in [0, 0.1) is 5.41 Å². The number of pyridine rings is 1. The Kier molecular flexibility index (Phi) is 4.04. The topological polar surface area (TPSA) is 65.5 Å². The van der Waals surface area contributed by atoms with Crippen LogP contribution in [0.3, 0.4) is 0 Å². The fourth-order valence-corrected chi connectivity index (χ4v) is 2.28. The summed E-state index contributed by atoms with van der Waals surface area (Å²) in [4.78, 5) is 18.2. The smallest absolute Gasteiger partial charge is 0.273 e. The standard InChI is InChI=1S/C14H21N3O2/c1-14(5-8-17(2)9-6-14)10-16-13(19)12-11(18)4-3-7-15-12/h3-4,7,18H,5-6,8-10H2,1-2H3,(H,16,19). The van der Waals surface area contributed by atoms with Gasteiger partial charge in [-0.15, -0.1) is 0 Å². The van der Waals surface area contributed by atoms with Gasteiger partial charge in [-0.05, 0) is 50.5 Å². The van der Waals surface area contributed by atoms with E-state index >= 15 is 0 Å². The lowest BCUT2D eigenvalue weighted by molar-refractivity contribution is 0.0884. The van der Waals surface area contributed by atoms with Crippen molar-refractivity contribution in [1.29, 1.82) is 0 Å². The number of aromatic hydroxyl groups is 1. The van der Waals surface area contributed by atoms with E-state index in [0.29, 0.717) is 6.54 Å². The summed E-state index contributed by atoms with van der Waals surface area (Å²) in [5.41, 5.74) is 0.228. The minimum absolute atomic E-state index is 0.0754. The third kappa shape index (κ3) is 3.44. The van der Waals surface area contributed by atoms with Crippen molar-refractivity contribution in [1.82, 2.24) is 15.2 Å². The van der Waals surface area contributed by atoms with Crippen LogP contribution in [0.2, 0.25) is 0 Å². The monoisotopic (exact) mass is 263 g/mol. The number of aromatic nitrogens is 1. The van der Waals surface area contributed by atoms with Crippen LogP contribution in [0.1, 0.15) is 30.3 Å². The number of nitrogens with zero attached hydrogens (tertiary/aromatic N) is 2. The molecule has 2 rings (SSSR count). The number of carbonyl (C=O) groups is 1. The van der Waals surface area contributed by atoms with Crippen LogP contribution in [-0.4, -0.2) is 47.6 Å². The van der Waals surface area contributed by atoms with E-state index in [9.17, 15) is 9.90 Å². The van der Waals surface area contributed by atoms with E-state index in [1.165, 1.54) is 12.3 Å². The van der Waals surface area contributed by atoms with Gasteiger partial charge in [-0.25, -0.2) is 4.98 Å². The molecule has 0 aliphatic carbocycles. The van der Waals surface area contributed by atoms with E-state index in [-0.39, 0.29) is 22.8 Å². The fourth-order valence-electron chi connectivity index (χ4n) is 2.28. The van der Waals surface area contributed by atoms with Crippen LogP contribution in [0.15, 0.2) is 18.3 Å². The summed E-state index contributed by atoms with van der Waals surface area (Å²) in [5, 5.41) is 12.5. The molecule has 0 atom stereocenters. The molecule has 5 heteroatoms. The largest absolute Gasteiger partial charge is 0.505 e. The molecule has 0 aromatic carbocycles. The summed E-state index contributed by atoms with van der Waals surface area (Å²) < 4.78 is 0. The maximum Gasteiger partial charge on any atom is 0.273 e. The van der Waals surface area contributed by atoms with Gasteiger partial charge in [0.15, 0.2) is 5.69 Å². The lowest BCUT2D eigenvalue weighted by Crippen LogP contribution is -2.43. The van der Waals surface area contributed by atoms with Gasteiger partial charge in [0, 0.05) is 12.7 Å². The van der Waals surface area contributed by atoms with Crippen molar-refractivity contribution in [2.24, 2.45) is 5.41 Å². The zero-order valence-electron chi connectivity index (χ0n) is 11.5. The van der Waals surface area contributed by atoms with Gasteiger partial charge in [0.05, 0.1) is 0 Å². The minimum Gasteiger partial charge on any atom is -0.505 e. The number of hydrogen-bond acceptors (Lipinski definition) is 4. The Hall–Kier alpha value is -1.62. The van der Waals surface area contributed by atoms with Gasteiger partial charge in [-0.2, -0.15) is 0 Å². The third-order valence-electron chi connectivity index (χ3n) is 3.87. The second-order valence-electron chi connectivity index (χ2n) is 5.67. The molecule has 1 aliphatic rings. The van der Waals surface area contributed by atoms with Crippen LogP contribution in [-0.2, 0) is 0 Å². The zero-order valence-corrected chi connectivity index (χ0v) is 11.5. The minimum atomic E-state index is -0.307. The second kappa shape index (κ2) is 5.57. The maximum atomic E-state index is 12.0. The second-order valence-corrected chi connectivity index (χ2v) is 5.67. The Morgan fingerprint density at radius 1 is 1.53 bits per heavy atom. The first-order chi connectivity index (χ1) is 9.00. The maximum absolute atomic E-state index is 12.0. The highest BCUT2D eigenvalue weighted by Gasteiger charge is 2.29. The highest BCUT2D eigenvalue weighted by Crippen LogP contribution is 2.29. The van der Waals surface area contributed by atoms with Gasteiger partial charge in [0.25, 0.3) is 5.91 Å². The van der Waals surface area contributed by atoms with Crippen molar-refractivity contribution in [3.05, 3.63) is 24.0 Å². The average Bonchev–Trinajstić information content (AvgIpc) is 2.41. The first kappa shape index (κ1) is 13.8. The molecule has 1 aromatic rings. The highest BCUT2D eigenvalue weighted by molar-refractivity contribution is 5.94. The molecule has 2 N–H and O–H groups in total. The fraction of sp³-hybridized carbons (Fsp3) is 0.571. The third-order valence-corrected chi connectivity index (χ3v) is 3.87. The van der Waals surface area contributed by atoms with Crippen LogP contribution in [0.5, 0.6) is 5.75 Å². The number of nitrogens with one attached hydrogen (secondary N) is 1. The van der Waals surface area contributed by atoms with Gasteiger partial charge in [-0.1, -0.05) is 6.92 Å². The summed E-state index contributed by atoms with van der Waals surface area (Å²) in [7, 11) is 2.12. The number of amides is 1. The molecular weight excluding hydrogens is 242 g/mol. The molecule has 1 amide bonds. The van der Waals surface area contributed by atoms with Crippen LogP contribution < -0.4 is 5.32 Å². The van der Waals surface area contributed by atoms with E-state index in [2.05, 4.69) is 29.2 Å². The van der Waals surface area contributed by atoms with Gasteiger partial charge in [0.1, 0.15) is 5.75 Å². The van der Waals surface area contributed by atoms with Gasteiger partial charge in [-0.3, -0.25) is 4.79 Å². The Balaban J connectivity index is 1.92. The van der Waals surface area contributed by atoms with Crippen molar-refractivity contribution in [3.63, 3.8) is 0 Å². The zero-order chi connectivity index (χ0) is 13.9. The van der Waals surface area contributed by atoms with Gasteiger partial charge >= 0.3 is 0 Å². The van der Waals surface area contributed by atoms with Gasteiger partial charge in [0.2, 0.25) is 0 Å². The summed E-state index contributed by atoms with van der Waals surface area (Å²) in [5.74, 6) is -0.383. The Labute approximate surface area is 113 Å². The molecule has 1 saturated heterocycles. The number of carbonyl (C=O) groups excluding carboxylic acids is 1. The first-order valence-electron chi connectivity index (χ1n) is 6.61. The molecule has 1 aliphatic heterocycles. The molecular formula is C14H21N3O2. The lowest BCUT2D eigenvalue weighted by Gasteiger charge is -2.37. The van der Waals surface area contributed by atoms with Crippen LogP contribution in [0.4, 0.5) is 0 Å². The quantitative estimate of drug-likeness (QED) is 0.861. The van der Waals surface area contributed by atoms with E-state index in [1.54, 1.807) is 6.07 Å². The van der Waals surface area contributed by atoms with E-state index in [0.717, 1.165) is 25.9 Å². The summed E-state index contributed by atoms with van der Waals surface area (Å²) in [6.45, 7) is 4.93. The molecule has 0 radical (unpaired) electrons. The summed E-state index contributed by atoms with van der Waals surface area (Å²) in [6.07, 6.45) is 3.64. The van der Waals surface area contributed by atoms with E-state index in [4.69, 9.17) is 0 Å². The Morgan fingerprint density at radius 3 is 2.84 bits per heavy atom. The first-order valence-corrected chi connectivity index (χ1v) is 6.61. The molecule has 104 valence electrons. The molecule has 0 unspecified atom stereocenters. The lowest BCUT2D eigenvalue weighted by atomic mass is 9.80. The van der Waals surface area contributed by atoms with Gasteiger partial charge < -0.3 is 15.3 Å². The molecule has 0 bridgehead atoms. The Morgan fingerprint density at radius 2 is 2.21 bits per heavy atom. The molecule has 19 heavy (non-hydrogen) atoms. The Bertz CT molecular complexity index is 454. The van der Waals surface area contributed by atoms with Crippen molar-refractivity contribution >= 4 is 5.91 Å². The molecule has 2 heterocycles. The van der Waals surface area contributed by atoms with Crippen molar-refractivity contribution in [2.75, 3.05) is 26.7 Å². The molecule has 0 spiro atoms. The molecule has 0 saturated carbocycles. The molecule has 5 nitrogen and oxygen atoms in total. The summed E-state index contributed by atoms with van der Waals surface area (Å²) >= 11 is 0. The highest BCUT2D eigenvalue weighted by atomic mass is 16.3. The van der Waals surface area contributed by atoms with E-state index in [1.807, 2.05) is 0 Å². The number of rotatable bonds is 3. The predicted octanol–water partition coefficient (Wildman–Crippen LogP) is 1.25.